The van der Waals surface area contributed by atoms with Gasteiger partial charge in [-0.05, 0) is 12.1 Å². The molecule has 160 valence electrons. The van der Waals surface area contributed by atoms with Crippen LogP contribution >= 0.6 is 23.2 Å². The maximum Gasteiger partial charge on any atom is 0.387 e. The highest BCUT2D eigenvalue weighted by Crippen LogP contribution is 2.36. The molecule has 0 fully saturated rings. The smallest absolute Gasteiger partial charge is 0.387 e. The molecule has 0 heterocycles. The molecule has 2 aromatic rings. The van der Waals surface area contributed by atoms with E-state index in [4.69, 9.17) is 32.7 Å². The Balaban J connectivity index is 2.19. The molecule has 13 heteroatoms. The zero-order valence-electron chi connectivity index (χ0n) is 15.0. The van der Waals surface area contributed by atoms with E-state index in [1.807, 2.05) is 0 Å². The third kappa shape index (κ3) is 5.67. The zero-order valence-corrected chi connectivity index (χ0v) is 16.5. The van der Waals surface area contributed by atoms with Crippen molar-refractivity contribution < 1.29 is 37.5 Å². The molecule has 0 saturated heterocycles. The summed E-state index contributed by atoms with van der Waals surface area (Å²) < 4.78 is 38.7. The number of hydrogen-bond donors (Lipinski definition) is 1. The summed E-state index contributed by atoms with van der Waals surface area (Å²) in [6, 6.07) is 5.86. The van der Waals surface area contributed by atoms with Gasteiger partial charge in [-0.25, -0.2) is 4.79 Å². The molecule has 0 aromatic heterocycles. The quantitative estimate of drug-likeness (QED) is 0.351. The highest BCUT2D eigenvalue weighted by atomic mass is 35.5. The van der Waals surface area contributed by atoms with E-state index in [-0.39, 0.29) is 21.5 Å². The number of nitrogens with zero attached hydrogens (tertiary/aromatic N) is 1. The van der Waals surface area contributed by atoms with E-state index in [9.17, 15) is 28.5 Å². The van der Waals surface area contributed by atoms with E-state index in [1.165, 1.54) is 12.1 Å². The van der Waals surface area contributed by atoms with Crippen molar-refractivity contribution in [1.82, 2.24) is 0 Å². The fourth-order valence-electron chi connectivity index (χ4n) is 2.21. The maximum atomic E-state index is 12.5. The first kappa shape index (κ1) is 23.1. The lowest BCUT2D eigenvalue weighted by molar-refractivity contribution is -0.385. The van der Waals surface area contributed by atoms with Crippen LogP contribution in [0.4, 0.5) is 20.2 Å². The summed E-state index contributed by atoms with van der Waals surface area (Å²) >= 11 is 11.8. The Hall–Kier alpha value is -3.18. The van der Waals surface area contributed by atoms with Crippen molar-refractivity contribution >= 4 is 46.5 Å². The van der Waals surface area contributed by atoms with Crippen molar-refractivity contribution in [1.29, 1.82) is 0 Å². The van der Waals surface area contributed by atoms with Crippen molar-refractivity contribution in [3.05, 3.63) is 56.1 Å². The molecule has 0 aliphatic carbocycles. The summed E-state index contributed by atoms with van der Waals surface area (Å²) in [5.41, 5.74) is -1.43. The van der Waals surface area contributed by atoms with E-state index in [0.29, 0.717) is 6.07 Å². The van der Waals surface area contributed by atoms with Gasteiger partial charge in [0, 0.05) is 6.07 Å². The number of rotatable bonds is 8. The van der Waals surface area contributed by atoms with Crippen LogP contribution in [0, 0.1) is 10.1 Å². The minimum Gasteiger partial charge on any atom is -0.493 e. The van der Waals surface area contributed by atoms with Crippen molar-refractivity contribution in [2.24, 2.45) is 0 Å². The molecule has 2 rings (SSSR count). The summed E-state index contributed by atoms with van der Waals surface area (Å²) in [6.45, 7) is -4.12. The highest BCUT2D eigenvalue weighted by Gasteiger charge is 2.27. The van der Waals surface area contributed by atoms with Crippen molar-refractivity contribution in [3.8, 4) is 11.5 Å². The minimum absolute atomic E-state index is 0.0861. The van der Waals surface area contributed by atoms with Gasteiger partial charge in [0.15, 0.2) is 18.1 Å². The van der Waals surface area contributed by atoms with Gasteiger partial charge in [0.05, 0.1) is 33.8 Å². The lowest BCUT2D eigenvalue weighted by atomic mass is 10.1. The minimum atomic E-state index is -3.28. The van der Waals surface area contributed by atoms with Gasteiger partial charge in [-0.1, -0.05) is 29.3 Å². The van der Waals surface area contributed by atoms with Crippen LogP contribution in [0.5, 0.6) is 11.5 Å². The number of alkyl halides is 2. The van der Waals surface area contributed by atoms with E-state index >= 15 is 0 Å². The number of nitro groups is 1. The number of esters is 1. The summed E-state index contributed by atoms with van der Waals surface area (Å²) in [7, 11) is 1.08. The van der Waals surface area contributed by atoms with Gasteiger partial charge in [0.2, 0.25) is 0 Å². The molecule has 0 atom stereocenters. The van der Waals surface area contributed by atoms with Crippen LogP contribution in [0.1, 0.15) is 10.4 Å². The van der Waals surface area contributed by atoms with E-state index < -0.39 is 47.0 Å². The van der Waals surface area contributed by atoms with Gasteiger partial charge in [-0.3, -0.25) is 14.9 Å². The number of para-hydroxylation sites is 1. The first-order valence-electron chi connectivity index (χ1n) is 7.86. The van der Waals surface area contributed by atoms with Crippen molar-refractivity contribution in [2.75, 3.05) is 19.0 Å². The van der Waals surface area contributed by atoms with Gasteiger partial charge in [-0.2, -0.15) is 8.78 Å². The van der Waals surface area contributed by atoms with Crippen LogP contribution in [0.2, 0.25) is 10.0 Å². The molecule has 1 amide bonds. The van der Waals surface area contributed by atoms with Gasteiger partial charge >= 0.3 is 12.6 Å². The molecular weight excluding hydrogens is 453 g/mol. The largest absolute Gasteiger partial charge is 0.493 e. The van der Waals surface area contributed by atoms with Gasteiger partial charge in [0.1, 0.15) is 5.56 Å². The standard InChI is InChI=1S/C17H12Cl2F2N2O7/c1-28-12-5-8(11(23(26)27)6-13(12)30-17(20)21)16(25)29-7-14(24)22-15-9(18)3-2-4-10(15)19/h2-6,17H,7H2,1H3,(H,22,24). The monoisotopic (exact) mass is 464 g/mol. The Kier molecular flexibility index (Phi) is 7.72. The van der Waals surface area contributed by atoms with Crippen molar-refractivity contribution in [3.63, 3.8) is 0 Å². The third-order valence-electron chi connectivity index (χ3n) is 3.48. The second kappa shape index (κ2) is 10.0. The molecule has 0 aliphatic heterocycles. The Morgan fingerprint density at radius 2 is 1.83 bits per heavy atom. The third-order valence-corrected chi connectivity index (χ3v) is 4.11. The highest BCUT2D eigenvalue weighted by molar-refractivity contribution is 6.39. The van der Waals surface area contributed by atoms with Crippen LogP contribution in [0.25, 0.3) is 0 Å². The van der Waals surface area contributed by atoms with Gasteiger partial charge in [0.25, 0.3) is 11.6 Å². The topological polar surface area (TPSA) is 117 Å². The number of nitrogens with one attached hydrogen (secondary N) is 1. The van der Waals surface area contributed by atoms with E-state index in [2.05, 4.69) is 10.1 Å². The molecule has 0 bridgehead atoms. The summed E-state index contributed by atoms with van der Waals surface area (Å²) in [5, 5.41) is 13.8. The normalized spacial score (nSPS) is 10.5. The Bertz CT molecular complexity index is 969. The van der Waals surface area contributed by atoms with Crippen molar-refractivity contribution in [2.45, 2.75) is 6.61 Å². The van der Waals surface area contributed by atoms with Crippen LogP contribution < -0.4 is 14.8 Å². The fourth-order valence-corrected chi connectivity index (χ4v) is 2.70. The number of methoxy groups -OCH3 is 1. The molecule has 9 nitrogen and oxygen atoms in total. The molecule has 0 saturated carbocycles. The molecular formula is C17H12Cl2F2N2O7. The number of halogens is 4. The molecule has 0 unspecified atom stereocenters. The molecule has 30 heavy (non-hydrogen) atoms. The zero-order chi connectivity index (χ0) is 22.4. The lowest BCUT2D eigenvalue weighted by Crippen LogP contribution is -2.21. The number of nitro benzene ring substituents is 1. The first-order valence-corrected chi connectivity index (χ1v) is 8.61. The van der Waals surface area contributed by atoms with Crippen LogP contribution in [-0.4, -0.2) is 37.1 Å². The Morgan fingerprint density at radius 1 is 1.20 bits per heavy atom. The number of carbonyl (C=O) groups excluding carboxylic acids is 2. The molecule has 2 aromatic carbocycles. The van der Waals surface area contributed by atoms with Gasteiger partial charge < -0.3 is 19.5 Å². The molecule has 0 spiro atoms. The Morgan fingerprint density at radius 3 is 2.37 bits per heavy atom. The number of anilines is 1. The Labute approximate surface area is 177 Å². The van der Waals surface area contributed by atoms with Crippen LogP contribution in [0.15, 0.2) is 30.3 Å². The second-order valence-electron chi connectivity index (χ2n) is 5.38. The maximum absolute atomic E-state index is 12.5. The first-order chi connectivity index (χ1) is 14.1. The molecule has 1 N–H and O–H groups in total. The number of ether oxygens (including phenoxy) is 3. The number of amides is 1. The van der Waals surface area contributed by atoms with E-state index in [1.54, 1.807) is 6.07 Å². The SMILES string of the molecule is COc1cc(C(=O)OCC(=O)Nc2c(Cl)cccc2Cl)c([N+](=O)[O-])cc1OC(F)F. The predicted octanol–water partition coefficient (Wildman–Crippen LogP) is 4.31. The summed E-state index contributed by atoms with van der Waals surface area (Å²) in [4.78, 5) is 34.5. The van der Waals surface area contributed by atoms with Crippen LogP contribution in [0.3, 0.4) is 0 Å². The lowest BCUT2D eigenvalue weighted by Gasteiger charge is -2.12. The fraction of sp³-hybridized carbons (Fsp3) is 0.176. The molecule has 0 radical (unpaired) electrons. The average molecular weight is 465 g/mol. The summed E-state index contributed by atoms with van der Waals surface area (Å²) in [6.07, 6.45) is 0. The summed E-state index contributed by atoms with van der Waals surface area (Å²) in [5.74, 6) is -3.13. The van der Waals surface area contributed by atoms with E-state index in [0.717, 1.165) is 13.2 Å². The van der Waals surface area contributed by atoms with Gasteiger partial charge in [-0.15, -0.1) is 0 Å². The van der Waals surface area contributed by atoms with Crippen LogP contribution in [-0.2, 0) is 9.53 Å². The molecule has 0 aliphatic rings. The number of benzene rings is 2. The second-order valence-corrected chi connectivity index (χ2v) is 6.19. The number of carbonyl (C=O) groups is 2. The number of hydrogen-bond acceptors (Lipinski definition) is 7. The average Bonchev–Trinajstić information content (AvgIpc) is 2.68. The predicted molar refractivity (Wildman–Crippen MR) is 102 cm³/mol.